The van der Waals surface area contributed by atoms with Gasteiger partial charge in [-0.3, -0.25) is 9.18 Å². The molecule has 1 spiro atoms. The van der Waals surface area contributed by atoms with Gasteiger partial charge < -0.3 is 11.1 Å². The van der Waals surface area contributed by atoms with Crippen molar-refractivity contribution in [1.82, 2.24) is 5.32 Å². The molecule has 4 heteroatoms. The van der Waals surface area contributed by atoms with E-state index in [2.05, 4.69) is 35.6 Å². The average Bonchev–Trinajstić information content (AvgIpc) is 3.08. The summed E-state index contributed by atoms with van der Waals surface area (Å²) >= 11 is 0. The van der Waals surface area contributed by atoms with E-state index in [1.54, 1.807) is 0 Å². The van der Waals surface area contributed by atoms with Crippen LogP contribution in [0.25, 0.3) is 0 Å². The lowest BCUT2D eigenvalue weighted by molar-refractivity contribution is -0.139. The van der Waals surface area contributed by atoms with Gasteiger partial charge in [-0.1, -0.05) is 30.3 Å². The fraction of sp³-hybridized carbons (Fsp3) is 0.741. The monoisotopic (exact) mass is 424 g/mol. The van der Waals surface area contributed by atoms with Gasteiger partial charge in [0.15, 0.2) is 0 Å². The topological polar surface area (TPSA) is 55.1 Å². The van der Waals surface area contributed by atoms with Crippen molar-refractivity contribution < 1.29 is 9.18 Å². The van der Waals surface area contributed by atoms with Gasteiger partial charge in [0.25, 0.3) is 0 Å². The number of nitrogens with two attached hydrogens (primary N) is 1. The standard InChI is InChI=1S/C27H37FN2O/c28-11-10-25-13-20-12-24(23(31)30-22-8-6-19(15-29)7-9-22)16-26(18-25,27(25,14-20)17-24)21-4-2-1-3-5-21/h1-5,19-20,22H,6-18,29H2,(H,30,31)/t19?,20?,22?,24?,25-,26-,27?/m1/s1. The van der Waals surface area contributed by atoms with Crippen LogP contribution in [0.5, 0.6) is 0 Å². The van der Waals surface area contributed by atoms with Gasteiger partial charge in [0.05, 0.1) is 12.1 Å². The number of hydrogen-bond donors (Lipinski definition) is 2. The van der Waals surface area contributed by atoms with Gasteiger partial charge in [0, 0.05) is 11.5 Å². The molecule has 1 aromatic rings. The molecule has 5 saturated carbocycles. The minimum atomic E-state index is -0.252. The highest BCUT2D eigenvalue weighted by Gasteiger charge is 2.84. The summed E-state index contributed by atoms with van der Waals surface area (Å²) in [4.78, 5) is 13.9. The van der Waals surface area contributed by atoms with E-state index in [1.165, 1.54) is 12.0 Å². The summed E-state index contributed by atoms with van der Waals surface area (Å²) < 4.78 is 13.8. The van der Waals surface area contributed by atoms with Gasteiger partial charge in [-0.2, -0.15) is 0 Å². The average molecular weight is 425 g/mol. The quantitative estimate of drug-likeness (QED) is 0.683. The second-order valence-electron chi connectivity index (χ2n) is 12.0. The van der Waals surface area contributed by atoms with Crippen LogP contribution in [0.4, 0.5) is 4.39 Å². The smallest absolute Gasteiger partial charge is 0.226 e. The lowest BCUT2D eigenvalue weighted by Gasteiger charge is -2.67. The fourth-order valence-corrected chi connectivity index (χ4v) is 9.82. The van der Waals surface area contributed by atoms with Crippen molar-refractivity contribution in [3.63, 3.8) is 0 Å². The molecule has 5 atom stereocenters. The molecule has 0 saturated heterocycles. The molecule has 168 valence electrons. The Balaban J connectivity index is 1.32. The Morgan fingerprint density at radius 2 is 1.81 bits per heavy atom. The number of hydrogen-bond acceptors (Lipinski definition) is 2. The predicted molar refractivity (Wildman–Crippen MR) is 120 cm³/mol. The largest absolute Gasteiger partial charge is 0.353 e. The van der Waals surface area contributed by atoms with Crippen molar-refractivity contribution in [2.75, 3.05) is 13.2 Å². The first-order valence-corrected chi connectivity index (χ1v) is 12.6. The van der Waals surface area contributed by atoms with E-state index in [4.69, 9.17) is 5.73 Å². The molecule has 5 fully saturated rings. The molecule has 3 bridgehead atoms. The minimum Gasteiger partial charge on any atom is -0.353 e. The first-order chi connectivity index (χ1) is 15.0. The summed E-state index contributed by atoms with van der Waals surface area (Å²) in [5.74, 6) is 1.53. The zero-order valence-electron chi connectivity index (χ0n) is 18.7. The Bertz CT molecular complexity index is 867. The van der Waals surface area contributed by atoms with Crippen LogP contribution in [0.3, 0.4) is 0 Å². The Morgan fingerprint density at radius 1 is 1.03 bits per heavy atom. The minimum absolute atomic E-state index is 0.0726. The molecular weight excluding hydrogens is 387 g/mol. The maximum absolute atomic E-state index is 13.9. The number of carbonyl (C=O) groups excluding carboxylic acids is 1. The van der Waals surface area contributed by atoms with Crippen LogP contribution in [0.2, 0.25) is 0 Å². The number of rotatable bonds is 6. The van der Waals surface area contributed by atoms with Crippen molar-refractivity contribution in [3.8, 4) is 0 Å². The van der Waals surface area contributed by atoms with Crippen molar-refractivity contribution in [2.24, 2.45) is 33.8 Å². The maximum atomic E-state index is 13.9. The van der Waals surface area contributed by atoms with Crippen molar-refractivity contribution in [3.05, 3.63) is 35.9 Å². The molecule has 3 unspecified atom stereocenters. The Kier molecular flexibility index (Phi) is 4.43. The number of carbonyl (C=O) groups is 1. The maximum Gasteiger partial charge on any atom is 0.226 e. The number of halogens is 1. The van der Waals surface area contributed by atoms with Crippen LogP contribution in [0.1, 0.15) is 76.2 Å². The van der Waals surface area contributed by atoms with E-state index in [1.807, 2.05) is 0 Å². The van der Waals surface area contributed by atoms with Crippen LogP contribution < -0.4 is 11.1 Å². The Hall–Kier alpha value is -1.42. The van der Waals surface area contributed by atoms with E-state index in [0.29, 0.717) is 30.2 Å². The third-order valence-electron chi connectivity index (χ3n) is 10.7. The summed E-state index contributed by atoms with van der Waals surface area (Å²) in [6, 6.07) is 11.2. The van der Waals surface area contributed by atoms with E-state index < -0.39 is 0 Å². The van der Waals surface area contributed by atoms with E-state index >= 15 is 0 Å². The SMILES string of the molecule is NCC1CCC(NC(=O)C23CC4CC5(C2)[C@](CCF)(C4)C[C@@]5(c2ccccc2)C3)CC1. The van der Waals surface area contributed by atoms with Crippen molar-refractivity contribution in [1.29, 1.82) is 0 Å². The Labute approximate surface area is 185 Å². The molecule has 1 amide bonds. The molecular formula is C27H37FN2O. The molecule has 0 aliphatic heterocycles. The number of amides is 1. The molecule has 5 aliphatic carbocycles. The highest BCUT2D eigenvalue weighted by Crippen LogP contribution is 2.89. The second kappa shape index (κ2) is 6.79. The summed E-state index contributed by atoms with van der Waals surface area (Å²) in [6.45, 7) is 0.550. The highest BCUT2D eigenvalue weighted by molar-refractivity contribution is 5.85. The molecule has 1 aromatic carbocycles. The van der Waals surface area contributed by atoms with Gasteiger partial charge in [0.2, 0.25) is 5.91 Å². The molecule has 5 aliphatic rings. The lowest BCUT2D eigenvalue weighted by atomic mass is 9.36. The van der Waals surface area contributed by atoms with Gasteiger partial charge in [0.1, 0.15) is 0 Å². The van der Waals surface area contributed by atoms with Crippen molar-refractivity contribution >= 4 is 5.91 Å². The molecule has 0 heterocycles. The number of fused-ring (bicyclic) bond motifs is 2. The third kappa shape index (κ3) is 2.52. The van der Waals surface area contributed by atoms with E-state index in [-0.39, 0.29) is 28.3 Å². The lowest BCUT2D eigenvalue weighted by Crippen LogP contribution is -2.62. The zero-order chi connectivity index (χ0) is 21.3. The molecule has 31 heavy (non-hydrogen) atoms. The highest BCUT2D eigenvalue weighted by atomic mass is 19.1. The first-order valence-electron chi connectivity index (χ1n) is 12.6. The molecule has 6 rings (SSSR count). The first kappa shape index (κ1) is 20.2. The van der Waals surface area contributed by atoms with Crippen LogP contribution in [-0.2, 0) is 10.2 Å². The Morgan fingerprint density at radius 3 is 2.52 bits per heavy atom. The summed E-state index contributed by atoms with van der Waals surface area (Å²) in [5, 5.41) is 3.52. The summed E-state index contributed by atoms with van der Waals surface area (Å²) in [6.07, 6.45) is 11.5. The second-order valence-corrected chi connectivity index (χ2v) is 12.0. The molecule has 0 radical (unpaired) electrons. The number of alkyl halides is 1. The normalized spacial score (nSPS) is 47.1. The number of benzene rings is 1. The van der Waals surface area contributed by atoms with Gasteiger partial charge >= 0.3 is 0 Å². The molecule has 3 N–H and O–H groups in total. The predicted octanol–water partition coefficient (Wildman–Crippen LogP) is 4.89. The summed E-state index contributed by atoms with van der Waals surface area (Å²) in [7, 11) is 0. The van der Waals surface area contributed by atoms with Gasteiger partial charge in [-0.15, -0.1) is 0 Å². The van der Waals surface area contributed by atoms with Gasteiger partial charge in [-0.25, -0.2) is 0 Å². The van der Waals surface area contributed by atoms with Crippen LogP contribution in [-0.4, -0.2) is 25.2 Å². The third-order valence-corrected chi connectivity index (χ3v) is 10.7. The summed E-state index contributed by atoms with van der Waals surface area (Å²) in [5.41, 5.74) is 7.35. The van der Waals surface area contributed by atoms with Crippen LogP contribution in [0.15, 0.2) is 30.3 Å². The molecule has 3 nitrogen and oxygen atoms in total. The van der Waals surface area contributed by atoms with Crippen molar-refractivity contribution in [2.45, 2.75) is 82.1 Å². The number of nitrogens with one attached hydrogen (secondary N) is 1. The van der Waals surface area contributed by atoms with Gasteiger partial charge in [-0.05, 0) is 105 Å². The molecule has 0 aromatic heterocycles. The van der Waals surface area contributed by atoms with E-state index in [0.717, 1.165) is 64.3 Å². The van der Waals surface area contributed by atoms with Crippen LogP contribution >= 0.6 is 0 Å². The fourth-order valence-electron chi connectivity index (χ4n) is 9.82. The zero-order valence-corrected chi connectivity index (χ0v) is 18.7. The van der Waals surface area contributed by atoms with Crippen LogP contribution in [0, 0.1) is 28.1 Å². The van der Waals surface area contributed by atoms with E-state index in [9.17, 15) is 9.18 Å².